The van der Waals surface area contributed by atoms with Crippen molar-refractivity contribution in [3.63, 3.8) is 0 Å². The first-order chi connectivity index (χ1) is 14.6. The highest BCUT2D eigenvalue weighted by Crippen LogP contribution is 2.30. The standard InChI is InChI=1S/C24H20N2O4/c1-29-22-12-7-18(14-23(22)30-16-17-5-3-2-4-6-17)13-19(15-25)24(28)26-20-8-10-21(27)11-9-20/h2-14,27H,16H2,1H3,(H,26,28). The first kappa shape index (κ1) is 20.5. The molecule has 0 atom stereocenters. The maximum atomic E-state index is 12.4. The van der Waals surface area contributed by atoms with Crippen molar-refractivity contribution in [2.45, 2.75) is 6.61 Å². The number of benzene rings is 3. The SMILES string of the molecule is COc1ccc(C=C(C#N)C(=O)Nc2ccc(O)cc2)cc1OCc1ccccc1. The molecule has 30 heavy (non-hydrogen) atoms. The summed E-state index contributed by atoms with van der Waals surface area (Å²) in [5, 5.41) is 21.4. The zero-order valence-corrected chi connectivity index (χ0v) is 16.3. The van der Waals surface area contributed by atoms with Crippen LogP contribution in [0.15, 0.2) is 78.4 Å². The summed E-state index contributed by atoms with van der Waals surface area (Å²) in [5.74, 6) is 0.595. The van der Waals surface area contributed by atoms with Crippen molar-refractivity contribution in [1.29, 1.82) is 5.26 Å². The normalized spacial score (nSPS) is 10.7. The van der Waals surface area contributed by atoms with Crippen LogP contribution in [0, 0.1) is 11.3 Å². The second-order valence-electron chi connectivity index (χ2n) is 6.36. The number of phenols is 1. The molecule has 150 valence electrons. The number of nitrogens with zero attached hydrogens (tertiary/aromatic N) is 1. The lowest BCUT2D eigenvalue weighted by molar-refractivity contribution is -0.112. The average Bonchev–Trinajstić information content (AvgIpc) is 2.78. The number of rotatable bonds is 7. The molecule has 0 radical (unpaired) electrons. The summed E-state index contributed by atoms with van der Waals surface area (Å²) in [6.45, 7) is 0.358. The molecule has 3 aromatic carbocycles. The number of carbonyl (C=O) groups excluding carboxylic acids is 1. The number of aromatic hydroxyl groups is 1. The van der Waals surface area contributed by atoms with Crippen LogP contribution in [0.5, 0.6) is 17.2 Å². The van der Waals surface area contributed by atoms with Gasteiger partial charge >= 0.3 is 0 Å². The maximum absolute atomic E-state index is 12.4. The van der Waals surface area contributed by atoms with Crippen molar-refractivity contribution >= 4 is 17.7 Å². The molecule has 0 saturated carbocycles. The van der Waals surface area contributed by atoms with Crippen LogP contribution in [-0.4, -0.2) is 18.1 Å². The monoisotopic (exact) mass is 400 g/mol. The van der Waals surface area contributed by atoms with Crippen molar-refractivity contribution in [3.8, 4) is 23.3 Å². The van der Waals surface area contributed by atoms with Gasteiger partial charge in [0, 0.05) is 5.69 Å². The highest BCUT2D eigenvalue weighted by atomic mass is 16.5. The van der Waals surface area contributed by atoms with E-state index in [1.54, 1.807) is 37.4 Å². The fourth-order valence-electron chi connectivity index (χ4n) is 2.69. The largest absolute Gasteiger partial charge is 0.508 e. The number of methoxy groups -OCH3 is 1. The molecule has 0 aliphatic carbocycles. The Bertz CT molecular complexity index is 1080. The number of nitrogens with one attached hydrogen (secondary N) is 1. The first-order valence-electron chi connectivity index (χ1n) is 9.16. The van der Waals surface area contributed by atoms with Gasteiger partial charge in [0.15, 0.2) is 11.5 Å². The van der Waals surface area contributed by atoms with Crippen LogP contribution in [-0.2, 0) is 11.4 Å². The minimum Gasteiger partial charge on any atom is -0.508 e. The van der Waals surface area contributed by atoms with Crippen molar-refractivity contribution in [2.24, 2.45) is 0 Å². The second kappa shape index (κ2) is 9.80. The van der Waals surface area contributed by atoms with Gasteiger partial charge in [0.2, 0.25) is 0 Å². The molecule has 0 bridgehead atoms. The van der Waals surface area contributed by atoms with Crippen LogP contribution in [0.3, 0.4) is 0 Å². The summed E-state index contributed by atoms with van der Waals surface area (Å²) in [5.41, 5.74) is 2.03. The molecule has 0 heterocycles. The Morgan fingerprint density at radius 1 is 1.07 bits per heavy atom. The predicted molar refractivity (Wildman–Crippen MR) is 114 cm³/mol. The summed E-state index contributed by atoms with van der Waals surface area (Å²) < 4.78 is 11.2. The van der Waals surface area contributed by atoms with Crippen LogP contribution in [0.4, 0.5) is 5.69 Å². The number of phenolic OH excluding ortho intramolecular Hbond substituents is 1. The molecule has 6 nitrogen and oxygen atoms in total. The smallest absolute Gasteiger partial charge is 0.266 e. The summed E-state index contributed by atoms with van der Waals surface area (Å²) in [6.07, 6.45) is 1.48. The zero-order chi connectivity index (χ0) is 21.3. The van der Waals surface area contributed by atoms with Gasteiger partial charge in [-0.2, -0.15) is 5.26 Å². The summed E-state index contributed by atoms with van der Waals surface area (Å²) >= 11 is 0. The minimum atomic E-state index is -0.550. The molecule has 0 aliphatic heterocycles. The molecule has 3 rings (SSSR count). The average molecular weight is 400 g/mol. The fourth-order valence-corrected chi connectivity index (χ4v) is 2.69. The van der Waals surface area contributed by atoms with Gasteiger partial charge in [-0.05, 0) is 53.6 Å². The van der Waals surface area contributed by atoms with Crippen LogP contribution in [0.1, 0.15) is 11.1 Å². The summed E-state index contributed by atoms with van der Waals surface area (Å²) in [6, 6.07) is 22.8. The molecule has 0 spiro atoms. The van der Waals surface area contributed by atoms with Gasteiger partial charge in [0.1, 0.15) is 24.0 Å². The highest BCUT2D eigenvalue weighted by molar-refractivity contribution is 6.09. The summed E-state index contributed by atoms with van der Waals surface area (Å²) in [7, 11) is 1.55. The third kappa shape index (κ3) is 5.40. The Hall–Kier alpha value is -4.24. The second-order valence-corrected chi connectivity index (χ2v) is 6.36. The lowest BCUT2D eigenvalue weighted by atomic mass is 10.1. The van der Waals surface area contributed by atoms with Crippen LogP contribution in [0.2, 0.25) is 0 Å². The Balaban J connectivity index is 1.78. The first-order valence-corrected chi connectivity index (χ1v) is 9.16. The Labute approximate surface area is 174 Å². The van der Waals surface area contributed by atoms with Crippen molar-refractivity contribution in [3.05, 3.63) is 89.5 Å². The van der Waals surface area contributed by atoms with E-state index in [0.29, 0.717) is 29.4 Å². The van der Waals surface area contributed by atoms with Gasteiger partial charge in [-0.1, -0.05) is 36.4 Å². The molecule has 6 heteroatoms. The van der Waals surface area contributed by atoms with Crippen LogP contribution >= 0.6 is 0 Å². The third-order valence-electron chi connectivity index (χ3n) is 4.23. The summed E-state index contributed by atoms with van der Waals surface area (Å²) in [4.78, 5) is 12.4. The number of anilines is 1. The van der Waals surface area contributed by atoms with E-state index in [1.165, 1.54) is 18.2 Å². The number of hydrogen-bond acceptors (Lipinski definition) is 5. The van der Waals surface area contributed by atoms with E-state index < -0.39 is 5.91 Å². The Morgan fingerprint density at radius 3 is 2.47 bits per heavy atom. The molecule has 1 amide bonds. The van der Waals surface area contributed by atoms with E-state index in [9.17, 15) is 15.2 Å². The lowest BCUT2D eigenvalue weighted by Gasteiger charge is -2.12. The lowest BCUT2D eigenvalue weighted by Crippen LogP contribution is -2.13. The number of nitriles is 1. The highest BCUT2D eigenvalue weighted by Gasteiger charge is 2.11. The molecular weight excluding hydrogens is 380 g/mol. The van der Waals surface area contributed by atoms with Gasteiger partial charge in [-0.15, -0.1) is 0 Å². The van der Waals surface area contributed by atoms with Crippen molar-refractivity contribution in [1.82, 2.24) is 0 Å². The van der Waals surface area contributed by atoms with E-state index in [1.807, 2.05) is 36.4 Å². The van der Waals surface area contributed by atoms with Crippen LogP contribution in [0.25, 0.3) is 6.08 Å². The maximum Gasteiger partial charge on any atom is 0.266 e. The van der Waals surface area contributed by atoms with Crippen LogP contribution < -0.4 is 14.8 Å². The van der Waals surface area contributed by atoms with Gasteiger partial charge in [-0.3, -0.25) is 4.79 Å². The number of carbonyl (C=O) groups is 1. The third-order valence-corrected chi connectivity index (χ3v) is 4.23. The topological polar surface area (TPSA) is 91.6 Å². The van der Waals surface area contributed by atoms with Crippen molar-refractivity contribution in [2.75, 3.05) is 12.4 Å². The molecule has 3 aromatic rings. The molecule has 0 fully saturated rings. The van der Waals surface area contributed by atoms with E-state index in [4.69, 9.17) is 9.47 Å². The number of amides is 1. The van der Waals surface area contributed by atoms with Gasteiger partial charge < -0.3 is 19.9 Å². The van der Waals surface area contributed by atoms with E-state index in [0.717, 1.165) is 5.56 Å². The molecular formula is C24H20N2O4. The molecule has 0 aromatic heterocycles. The van der Waals surface area contributed by atoms with E-state index in [2.05, 4.69) is 5.32 Å². The molecule has 2 N–H and O–H groups in total. The zero-order valence-electron chi connectivity index (χ0n) is 16.3. The minimum absolute atomic E-state index is 0.0674. The molecule has 0 saturated heterocycles. The van der Waals surface area contributed by atoms with Gasteiger partial charge in [0.05, 0.1) is 7.11 Å². The fraction of sp³-hybridized carbons (Fsp3) is 0.0833. The Morgan fingerprint density at radius 2 is 1.80 bits per heavy atom. The van der Waals surface area contributed by atoms with E-state index in [-0.39, 0.29) is 11.3 Å². The molecule has 0 unspecified atom stereocenters. The van der Waals surface area contributed by atoms with Gasteiger partial charge in [0.25, 0.3) is 5.91 Å². The number of ether oxygens (including phenoxy) is 2. The Kier molecular flexibility index (Phi) is 6.70. The van der Waals surface area contributed by atoms with E-state index >= 15 is 0 Å². The molecule has 0 aliphatic rings. The quantitative estimate of drug-likeness (QED) is 0.345. The number of hydrogen-bond donors (Lipinski definition) is 2. The predicted octanol–water partition coefficient (Wildman–Crippen LogP) is 4.53. The van der Waals surface area contributed by atoms with Crippen molar-refractivity contribution < 1.29 is 19.4 Å². The van der Waals surface area contributed by atoms with Gasteiger partial charge in [-0.25, -0.2) is 0 Å².